The highest BCUT2D eigenvalue weighted by Crippen LogP contribution is 2.39. The van der Waals surface area contributed by atoms with Crippen LogP contribution in [-0.4, -0.2) is 45.6 Å². The number of nitrogens with zero attached hydrogens (tertiary/aromatic N) is 5. The van der Waals surface area contributed by atoms with Crippen molar-refractivity contribution in [3.8, 4) is 0 Å². The first-order valence-electron chi connectivity index (χ1n) is 9.92. The first kappa shape index (κ1) is 19.0. The molecule has 0 bridgehead atoms. The molecule has 3 heterocycles. The Labute approximate surface area is 174 Å². The van der Waals surface area contributed by atoms with Crippen LogP contribution in [-0.2, 0) is 10.0 Å². The van der Waals surface area contributed by atoms with Gasteiger partial charge in [-0.05, 0) is 62.4 Å². The number of aromatic nitrogens is 4. The molecule has 1 aliphatic carbocycles. The molecule has 7 nitrogen and oxygen atoms in total. The van der Waals surface area contributed by atoms with Gasteiger partial charge < -0.3 is 0 Å². The average Bonchev–Trinajstić information content (AvgIpc) is 3.49. The summed E-state index contributed by atoms with van der Waals surface area (Å²) in [7, 11) is -3.57. The predicted octanol–water partition coefficient (Wildman–Crippen LogP) is 3.53. The van der Waals surface area contributed by atoms with E-state index >= 15 is 0 Å². The average molecular weight is 432 g/mol. The molecule has 0 radical (unpaired) electrons. The number of rotatable bonds is 4. The van der Waals surface area contributed by atoms with E-state index in [4.69, 9.17) is 16.7 Å². The van der Waals surface area contributed by atoms with Gasteiger partial charge in [0, 0.05) is 29.9 Å². The highest BCUT2D eigenvalue weighted by molar-refractivity contribution is 7.89. The van der Waals surface area contributed by atoms with Gasteiger partial charge in [0.15, 0.2) is 11.5 Å². The van der Waals surface area contributed by atoms with Gasteiger partial charge in [-0.2, -0.15) is 13.9 Å². The topological polar surface area (TPSA) is 80.5 Å². The molecule has 0 N–H and O–H groups in total. The zero-order valence-electron chi connectivity index (χ0n) is 16.1. The van der Waals surface area contributed by atoms with Crippen LogP contribution >= 0.6 is 11.6 Å². The van der Waals surface area contributed by atoms with E-state index in [0.717, 1.165) is 17.2 Å². The SMILES string of the molecule is Cc1c(Cl)cccc1S(=O)(=O)N1CCC(c2nnc3ccc(C4CC4)nn23)CC1. The van der Waals surface area contributed by atoms with E-state index in [1.165, 1.54) is 12.8 Å². The van der Waals surface area contributed by atoms with E-state index in [1.54, 1.807) is 29.4 Å². The van der Waals surface area contributed by atoms with Gasteiger partial charge in [0.05, 0.1) is 10.6 Å². The van der Waals surface area contributed by atoms with Crippen LogP contribution in [0.5, 0.6) is 0 Å². The minimum Gasteiger partial charge on any atom is -0.207 e. The summed E-state index contributed by atoms with van der Waals surface area (Å²) < 4.78 is 29.6. The molecule has 2 aliphatic rings. The Balaban J connectivity index is 1.37. The van der Waals surface area contributed by atoms with E-state index in [1.807, 2.05) is 16.6 Å². The summed E-state index contributed by atoms with van der Waals surface area (Å²) in [6.45, 7) is 2.62. The van der Waals surface area contributed by atoms with E-state index in [-0.39, 0.29) is 10.8 Å². The summed E-state index contributed by atoms with van der Waals surface area (Å²) in [4.78, 5) is 0.284. The predicted molar refractivity (Wildman–Crippen MR) is 110 cm³/mol. The second kappa shape index (κ2) is 7.04. The summed E-state index contributed by atoms with van der Waals surface area (Å²) in [5, 5.41) is 13.9. The van der Waals surface area contributed by atoms with E-state index < -0.39 is 10.0 Å². The molecule has 2 aromatic heterocycles. The third-order valence-corrected chi connectivity index (χ3v) is 8.41. The summed E-state index contributed by atoms with van der Waals surface area (Å²) in [5.41, 5.74) is 2.43. The van der Waals surface area contributed by atoms with Crippen LogP contribution < -0.4 is 0 Å². The van der Waals surface area contributed by atoms with Crippen LogP contribution in [0.4, 0.5) is 0 Å². The van der Waals surface area contributed by atoms with E-state index in [2.05, 4.69) is 10.2 Å². The van der Waals surface area contributed by atoms with Crippen molar-refractivity contribution in [2.24, 2.45) is 0 Å². The second-order valence-corrected chi connectivity index (χ2v) is 10.2. The molecule has 1 aromatic carbocycles. The molecular weight excluding hydrogens is 410 g/mol. The van der Waals surface area contributed by atoms with Crippen molar-refractivity contribution in [1.82, 2.24) is 24.1 Å². The number of benzene rings is 1. The minimum atomic E-state index is -3.57. The largest absolute Gasteiger partial charge is 0.243 e. The molecule has 2 fully saturated rings. The molecule has 1 saturated carbocycles. The number of sulfonamides is 1. The summed E-state index contributed by atoms with van der Waals surface area (Å²) in [6, 6.07) is 9.02. The van der Waals surface area contributed by atoms with Crippen molar-refractivity contribution in [1.29, 1.82) is 0 Å². The molecule has 0 unspecified atom stereocenters. The first-order chi connectivity index (χ1) is 13.9. The van der Waals surface area contributed by atoms with Crippen molar-refractivity contribution in [3.05, 3.63) is 52.4 Å². The maximum Gasteiger partial charge on any atom is 0.243 e. The van der Waals surface area contributed by atoms with Gasteiger partial charge in [-0.1, -0.05) is 17.7 Å². The Kier molecular flexibility index (Phi) is 4.60. The number of fused-ring (bicyclic) bond motifs is 1. The summed E-state index contributed by atoms with van der Waals surface area (Å²) in [6.07, 6.45) is 3.76. The lowest BCUT2D eigenvalue weighted by Gasteiger charge is -2.30. The molecular formula is C20H22ClN5O2S. The molecule has 0 spiro atoms. The third-order valence-electron chi connectivity index (χ3n) is 5.96. The number of halogens is 1. The van der Waals surface area contributed by atoms with Gasteiger partial charge in [-0.3, -0.25) is 0 Å². The van der Waals surface area contributed by atoms with Gasteiger partial charge in [-0.15, -0.1) is 10.2 Å². The number of hydrogen-bond donors (Lipinski definition) is 0. The fourth-order valence-corrected chi connectivity index (χ4v) is 5.98. The standard InChI is InChI=1S/C20H22ClN5O2S/c1-13-16(21)3-2-4-18(13)29(27,28)25-11-9-15(10-12-25)20-23-22-19-8-7-17(14-5-6-14)24-26(19)20/h2-4,7-8,14-15H,5-6,9-12H2,1H3. The van der Waals surface area contributed by atoms with E-state index in [9.17, 15) is 8.42 Å². The van der Waals surface area contributed by atoms with Crippen LogP contribution in [0.15, 0.2) is 35.2 Å². The van der Waals surface area contributed by atoms with Crippen molar-refractivity contribution in [2.75, 3.05) is 13.1 Å². The molecule has 9 heteroatoms. The summed E-state index contributed by atoms with van der Waals surface area (Å²) >= 11 is 6.14. The number of hydrogen-bond acceptors (Lipinski definition) is 5. The fourth-order valence-electron chi connectivity index (χ4n) is 4.03. The lowest BCUT2D eigenvalue weighted by molar-refractivity contribution is 0.311. The van der Waals surface area contributed by atoms with Crippen molar-refractivity contribution < 1.29 is 8.42 Å². The zero-order chi connectivity index (χ0) is 20.2. The Morgan fingerprint density at radius 3 is 2.48 bits per heavy atom. The first-order valence-corrected chi connectivity index (χ1v) is 11.7. The maximum atomic E-state index is 13.1. The van der Waals surface area contributed by atoms with Crippen molar-refractivity contribution >= 4 is 27.3 Å². The number of piperidine rings is 1. The van der Waals surface area contributed by atoms with Crippen LogP contribution in [0.1, 0.15) is 54.6 Å². The van der Waals surface area contributed by atoms with E-state index in [0.29, 0.717) is 42.4 Å². The quantitative estimate of drug-likeness (QED) is 0.631. The highest BCUT2D eigenvalue weighted by atomic mass is 35.5. The Bertz CT molecular complexity index is 1180. The van der Waals surface area contributed by atoms with Crippen molar-refractivity contribution in [3.63, 3.8) is 0 Å². The molecule has 1 aliphatic heterocycles. The fraction of sp³-hybridized carbons (Fsp3) is 0.450. The van der Waals surface area contributed by atoms with Crippen LogP contribution in [0.3, 0.4) is 0 Å². The maximum absolute atomic E-state index is 13.1. The normalized spacial score (nSPS) is 19.1. The summed E-state index contributed by atoms with van der Waals surface area (Å²) in [5.74, 6) is 1.53. The third kappa shape index (κ3) is 3.33. The smallest absolute Gasteiger partial charge is 0.207 e. The van der Waals surface area contributed by atoms with Crippen LogP contribution in [0.25, 0.3) is 5.65 Å². The molecule has 0 amide bonds. The van der Waals surface area contributed by atoms with Gasteiger partial charge in [0.25, 0.3) is 0 Å². The van der Waals surface area contributed by atoms with Crippen LogP contribution in [0.2, 0.25) is 5.02 Å². The Hall–Kier alpha value is -2.03. The van der Waals surface area contributed by atoms with Gasteiger partial charge in [0.2, 0.25) is 10.0 Å². The second-order valence-electron chi connectivity index (χ2n) is 7.90. The van der Waals surface area contributed by atoms with Gasteiger partial charge in [-0.25, -0.2) is 8.42 Å². The molecule has 1 saturated heterocycles. The van der Waals surface area contributed by atoms with Crippen LogP contribution in [0, 0.1) is 6.92 Å². The Morgan fingerprint density at radius 2 is 1.76 bits per heavy atom. The molecule has 5 rings (SSSR count). The van der Waals surface area contributed by atoms with Gasteiger partial charge in [0.1, 0.15) is 0 Å². The highest BCUT2D eigenvalue weighted by Gasteiger charge is 2.33. The monoisotopic (exact) mass is 431 g/mol. The molecule has 29 heavy (non-hydrogen) atoms. The van der Waals surface area contributed by atoms with Gasteiger partial charge >= 0.3 is 0 Å². The molecule has 0 atom stereocenters. The van der Waals surface area contributed by atoms with Crippen molar-refractivity contribution in [2.45, 2.75) is 49.3 Å². The lowest BCUT2D eigenvalue weighted by atomic mass is 9.97. The molecule has 3 aromatic rings. The molecule has 152 valence electrons. The lowest BCUT2D eigenvalue weighted by Crippen LogP contribution is -2.38. The minimum absolute atomic E-state index is 0.138. The zero-order valence-corrected chi connectivity index (χ0v) is 17.7. The Morgan fingerprint density at radius 1 is 1.00 bits per heavy atom.